The highest BCUT2D eigenvalue weighted by Crippen LogP contribution is 2.24. The highest BCUT2D eigenvalue weighted by Gasteiger charge is 2.24. The van der Waals surface area contributed by atoms with Crippen molar-refractivity contribution >= 4 is 7.85 Å². The summed E-state index contributed by atoms with van der Waals surface area (Å²) in [5, 5.41) is 0. The number of hydrogen-bond acceptors (Lipinski definition) is 1. The van der Waals surface area contributed by atoms with E-state index in [0.29, 0.717) is 5.54 Å². The highest BCUT2D eigenvalue weighted by atomic mass is 15.2. The van der Waals surface area contributed by atoms with Crippen LogP contribution in [0.2, 0.25) is 5.82 Å². The maximum Gasteiger partial charge on any atom is 0.105 e. The summed E-state index contributed by atoms with van der Waals surface area (Å²) in [5.41, 5.74) is 0.389. The van der Waals surface area contributed by atoms with Gasteiger partial charge in [0.1, 0.15) is 7.85 Å². The zero-order valence-electron chi connectivity index (χ0n) is 8.35. The lowest BCUT2D eigenvalue weighted by Gasteiger charge is -2.40. The zero-order chi connectivity index (χ0) is 8.48. The van der Waals surface area contributed by atoms with E-state index in [-0.39, 0.29) is 0 Å². The van der Waals surface area contributed by atoms with Gasteiger partial charge in [0, 0.05) is 5.54 Å². The highest BCUT2D eigenvalue weighted by molar-refractivity contribution is 6.11. The molecule has 0 aromatic heterocycles. The molecule has 0 N–H and O–H groups in total. The largest absolute Gasteiger partial charge is 0.299 e. The van der Waals surface area contributed by atoms with Crippen LogP contribution < -0.4 is 0 Å². The molecule has 0 saturated carbocycles. The first-order valence-electron chi connectivity index (χ1n) is 4.75. The topological polar surface area (TPSA) is 3.24 Å². The minimum absolute atomic E-state index is 0.389. The normalized spacial score (nSPS) is 23.9. The number of piperidine rings is 1. The van der Waals surface area contributed by atoms with Crippen molar-refractivity contribution in [3.05, 3.63) is 0 Å². The van der Waals surface area contributed by atoms with Gasteiger partial charge in [0.05, 0.1) is 0 Å². The molecule has 0 atom stereocenters. The molecule has 1 rings (SSSR count). The maximum absolute atomic E-state index is 2.59. The van der Waals surface area contributed by atoms with Gasteiger partial charge in [0.2, 0.25) is 0 Å². The van der Waals surface area contributed by atoms with Crippen molar-refractivity contribution in [1.29, 1.82) is 0 Å². The molecule has 64 valence electrons. The Bertz CT molecular complexity index is 120. The SMILES string of the molecule is BC1CCN(C(C)(C)C)CC1. The molecular formula is C9H20BN. The molecule has 2 heteroatoms. The van der Waals surface area contributed by atoms with E-state index in [4.69, 9.17) is 0 Å². The fourth-order valence-electron chi connectivity index (χ4n) is 1.68. The molecule has 1 saturated heterocycles. The van der Waals surface area contributed by atoms with Crippen LogP contribution in [0.1, 0.15) is 33.6 Å². The summed E-state index contributed by atoms with van der Waals surface area (Å²) in [4.78, 5) is 2.59. The third kappa shape index (κ3) is 2.51. The number of nitrogens with zero attached hydrogens (tertiary/aromatic N) is 1. The molecular weight excluding hydrogens is 133 g/mol. The summed E-state index contributed by atoms with van der Waals surface area (Å²) in [5.74, 6) is 0.952. The molecule has 0 spiro atoms. The fourth-order valence-corrected chi connectivity index (χ4v) is 1.68. The van der Waals surface area contributed by atoms with Crippen LogP contribution >= 0.6 is 0 Å². The van der Waals surface area contributed by atoms with Crippen LogP contribution in [0.3, 0.4) is 0 Å². The Morgan fingerprint density at radius 1 is 1.18 bits per heavy atom. The van der Waals surface area contributed by atoms with E-state index in [9.17, 15) is 0 Å². The Morgan fingerprint density at radius 2 is 1.64 bits per heavy atom. The van der Waals surface area contributed by atoms with Crippen molar-refractivity contribution in [2.24, 2.45) is 0 Å². The van der Waals surface area contributed by atoms with Crippen LogP contribution in [-0.2, 0) is 0 Å². The lowest BCUT2D eigenvalue weighted by atomic mass is 9.78. The van der Waals surface area contributed by atoms with Crippen molar-refractivity contribution in [1.82, 2.24) is 4.90 Å². The van der Waals surface area contributed by atoms with Crippen LogP contribution in [-0.4, -0.2) is 31.4 Å². The van der Waals surface area contributed by atoms with Crippen molar-refractivity contribution in [3.8, 4) is 0 Å². The second kappa shape index (κ2) is 3.18. The Labute approximate surface area is 71.6 Å². The molecule has 1 aliphatic rings. The number of hydrogen-bond donors (Lipinski definition) is 0. The van der Waals surface area contributed by atoms with Crippen molar-refractivity contribution < 1.29 is 0 Å². The Hall–Kier alpha value is 0.0249. The smallest absolute Gasteiger partial charge is 0.105 e. The molecule has 1 nitrogen and oxygen atoms in total. The second-order valence-corrected chi connectivity index (χ2v) is 4.84. The van der Waals surface area contributed by atoms with Crippen molar-refractivity contribution in [3.63, 3.8) is 0 Å². The van der Waals surface area contributed by atoms with Gasteiger partial charge in [-0.2, -0.15) is 0 Å². The Balaban J connectivity index is 2.39. The van der Waals surface area contributed by atoms with Gasteiger partial charge in [0.15, 0.2) is 0 Å². The Kier molecular flexibility index (Phi) is 2.63. The van der Waals surface area contributed by atoms with Crippen LogP contribution in [0, 0.1) is 0 Å². The van der Waals surface area contributed by atoms with E-state index in [1.165, 1.54) is 25.9 Å². The molecule has 1 fully saturated rings. The fraction of sp³-hybridized carbons (Fsp3) is 1.00. The van der Waals surface area contributed by atoms with Crippen LogP contribution in [0.15, 0.2) is 0 Å². The molecule has 0 amide bonds. The monoisotopic (exact) mass is 153 g/mol. The third-order valence-corrected chi connectivity index (χ3v) is 2.73. The quantitative estimate of drug-likeness (QED) is 0.474. The minimum Gasteiger partial charge on any atom is -0.299 e. The molecule has 0 radical (unpaired) electrons. The summed E-state index contributed by atoms with van der Waals surface area (Å²) in [6, 6.07) is 0. The molecule has 0 unspecified atom stereocenters. The van der Waals surface area contributed by atoms with Gasteiger partial charge in [0.25, 0.3) is 0 Å². The molecule has 0 aliphatic carbocycles. The molecule has 0 bridgehead atoms. The molecule has 1 heterocycles. The summed E-state index contributed by atoms with van der Waals surface area (Å²) < 4.78 is 0. The van der Waals surface area contributed by atoms with Crippen LogP contribution in [0.25, 0.3) is 0 Å². The van der Waals surface area contributed by atoms with E-state index < -0.39 is 0 Å². The van der Waals surface area contributed by atoms with Crippen molar-refractivity contribution in [2.45, 2.75) is 45.0 Å². The van der Waals surface area contributed by atoms with Crippen LogP contribution in [0.4, 0.5) is 0 Å². The van der Waals surface area contributed by atoms with Gasteiger partial charge in [-0.05, 0) is 46.7 Å². The first-order chi connectivity index (χ1) is 5.00. The van der Waals surface area contributed by atoms with Gasteiger partial charge in [-0.25, -0.2) is 0 Å². The maximum atomic E-state index is 2.59. The van der Waals surface area contributed by atoms with E-state index in [2.05, 4.69) is 33.5 Å². The lowest BCUT2D eigenvalue weighted by molar-refractivity contribution is 0.111. The summed E-state index contributed by atoms with van der Waals surface area (Å²) in [6.07, 6.45) is 2.77. The zero-order valence-corrected chi connectivity index (χ0v) is 8.35. The molecule has 0 aromatic carbocycles. The third-order valence-electron chi connectivity index (χ3n) is 2.73. The van der Waals surface area contributed by atoms with E-state index in [1.54, 1.807) is 0 Å². The first kappa shape index (κ1) is 9.12. The lowest BCUT2D eigenvalue weighted by Crippen LogP contribution is -2.45. The summed E-state index contributed by atoms with van der Waals surface area (Å²) in [6.45, 7) is 9.52. The summed E-state index contributed by atoms with van der Waals surface area (Å²) >= 11 is 0. The van der Waals surface area contributed by atoms with E-state index in [1.807, 2.05) is 0 Å². The van der Waals surface area contributed by atoms with Crippen molar-refractivity contribution in [2.75, 3.05) is 13.1 Å². The van der Waals surface area contributed by atoms with Gasteiger partial charge in [-0.15, -0.1) is 0 Å². The average Bonchev–Trinajstić information content (AvgIpc) is 1.86. The Morgan fingerprint density at radius 3 is 2.00 bits per heavy atom. The van der Waals surface area contributed by atoms with Gasteiger partial charge >= 0.3 is 0 Å². The number of likely N-dealkylation sites (tertiary alicyclic amines) is 1. The number of rotatable bonds is 0. The van der Waals surface area contributed by atoms with Gasteiger partial charge < -0.3 is 0 Å². The molecule has 1 aliphatic heterocycles. The van der Waals surface area contributed by atoms with Gasteiger partial charge in [-0.3, -0.25) is 4.90 Å². The minimum atomic E-state index is 0.389. The first-order valence-corrected chi connectivity index (χ1v) is 4.75. The standard InChI is InChI=1S/C9H20BN/c1-9(2,3)11-6-4-8(10)5-7-11/h8H,4-7,10H2,1-3H3. The van der Waals surface area contributed by atoms with E-state index in [0.717, 1.165) is 5.82 Å². The molecule has 11 heavy (non-hydrogen) atoms. The average molecular weight is 153 g/mol. The summed E-state index contributed by atoms with van der Waals surface area (Å²) in [7, 11) is 2.36. The predicted octanol–water partition coefficient (Wildman–Crippen LogP) is 1.30. The predicted molar refractivity (Wildman–Crippen MR) is 52.9 cm³/mol. The second-order valence-electron chi connectivity index (χ2n) is 4.84. The van der Waals surface area contributed by atoms with Gasteiger partial charge in [-0.1, -0.05) is 5.82 Å². The molecule has 0 aromatic rings. The van der Waals surface area contributed by atoms with Crippen LogP contribution in [0.5, 0.6) is 0 Å². The van der Waals surface area contributed by atoms with E-state index >= 15 is 0 Å².